The quantitative estimate of drug-likeness (QED) is 0.156. The van der Waals surface area contributed by atoms with Crippen molar-refractivity contribution in [2.45, 2.75) is 0 Å². The molecule has 0 spiro atoms. The first kappa shape index (κ1) is 31.7. The summed E-state index contributed by atoms with van der Waals surface area (Å²) in [5.41, 5.74) is 10.3. The van der Waals surface area contributed by atoms with Crippen molar-refractivity contribution >= 4 is 21.9 Å². The Hall–Kier alpha value is -5.60. The van der Waals surface area contributed by atoms with E-state index in [1.165, 1.54) is 0 Å². The van der Waals surface area contributed by atoms with Gasteiger partial charge in [0.25, 0.3) is 0 Å². The van der Waals surface area contributed by atoms with Gasteiger partial charge in [0.1, 0.15) is 17.0 Å². The molecule has 0 saturated heterocycles. The molecule has 0 fully saturated rings. The van der Waals surface area contributed by atoms with Gasteiger partial charge in [-0.15, -0.1) is 12.1 Å². The zero-order valence-electron chi connectivity index (χ0n) is 26.8. The first-order valence-electron chi connectivity index (χ1n) is 16.2. The number of fused-ring (bicyclic) bond motifs is 3. The van der Waals surface area contributed by atoms with Gasteiger partial charge >= 0.3 is 31.1 Å². The van der Waals surface area contributed by atoms with Gasteiger partial charge in [-0.1, -0.05) is 126 Å². The molecule has 0 N–H and O–H groups in total. The summed E-state index contributed by atoms with van der Waals surface area (Å²) in [6.07, 6.45) is 0. The van der Waals surface area contributed by atoms with E-state index in [4.69, 9.17) is 19.4 Å². The molecular formula is C45H27N3OU. The number of rotatable bonds is 6. The molecule has 0 unspecified atom stereocenters. The van der Waals surface area contributed by atoms with E-state index in [2.05, 4.69) is 66.7 Å². The number of benzene rings is 7. The van der Waals surface area contributed by atoms with Crippen molar-refractivity contribution in [3.8, 4) is 67.5 Å². The van der Waals surface area contributed by atoms with Crippen LogP contribution >= 0.6 is 0 Å². The van der Waals surface area contributed by atoms with Crippen LogP contribution in [0.3, 0.4) is 0 Å². The molecule has 0 aliphatic heterocycles. The van der Waals surface area contributed by atoms with Gasteiger partial charge in [-0.25, -0.2) is 26.1 Å². The van der Waals surface area contributed by atoms with Crippen molar-refractivity contribution in [2.24, 2.45) is 0 Å². The molecule has 0 radical (unpaired) electrons. The van der Waals surface area contributed by atoms with E-state index >= 15 is 0 Å². The standard InChI is InChI=1S/C45H27N3O.U/c1-5-16-30(17-6-1)34-24-13-25-35(31-18-7-2-8-19-31)40(34)45-47-43(33-22-11-4-12-23-33)46-44(48-45)37-27-15-29-39-42(37)41-36(26-14-28-38(41)49-39)32-20-9-3-10-21-32;/h1-18,20-24,26-29H;/q-2;+2. The van der Waals surface area contributed by atoms with Gasteiger partial charge in [0.15, 0.2) is 11.6 Å². The van der Waals surface area contributed by atoms with E-state index in [9.17, 15) is 0 Å². The van der Waals surface area contributed by atoms with E-state index in [1.54, 1.807) is 0 Å². The molecule has 0 amide bonds. The van der Waals surface area contributed by atoms with Crippen molar-refractivity contribution in [3.05, 3.63) is 176 Å². The zero-order valence-corrected chi connectivity index (χ0v) is 31.0. The van der Waals surface area contributed by atoms with Crippen molar-refractivity contribution in [2.75, 3.05) is 0 Å². The Morgan fingerprint density at radius 1 is 0.400 bits per heavy atom. The number of furan rings is 1. The van der Waals surface area contributed by atoms with Crippen molar-refractivity contribution < 1.29 is 35.5 Å². The van der Waals surface area contributed by atoms with Crippen LogP contribution in [0.2, 0.25) is 0 Å². The maximum atomic E-state index is 6.48. The first-order chi connectivity index (χ1) is 24.3. The first-order valence-corrected chi connectivity index (χ1v) is 16.2. The summed E-state index contributed by atoms with van der Waals surface area (Å²) in [5.74, 6) is 1.70. The molecule has 0 saturated carbocycles. The minimum Gasteiger partial charge on any atom is -0.456 e. The van der Waals surface area contributed by atoms with E-state index in [-0.39, 0.29) is 31.1 Å². The van der Waals surface area contributed by atoms with Gasteiger partial charge in [0, 0.05) is 21.9 Å². The molecule has 50 heavy (non-hydrogen) atoms. The third-order valence-corrected chi connectivity index (χ3v) is 8.80. The summed E-state index contributed by atoms with van der Waals surface area (Å²) in [6.45, 7) is 0. The Kier molecular flexibility index (Phi) is 8.69. The molecule has 9 aromatic rings. The van der Waals surface area contributed by atoms with Gasteiger partial charge in [0.05, 0.1) is 0 Å². The summed E-state index contributed by atoms with van der Waals surface area (Å²) in [5, 5.41) is 1.99. The average molecular weight is 864 g/mol. The Bertz CT molecular complexity index is 2530. The van der Waals surface area contributed by atoms with Crippen LogP contribution in [0.25, 0.3) is 89.5 Å². The maximum Gasteiger partial charge on any atom is 2.00 e. The van der Waals surface area contributed by atoms with Gasteiger partial charge < -0.3 is 4.42 Å². The van der Waals surface area contributed by atoms with Gasteiger partial charge in [-0.2, -0.15) is 36.4 Å². The van der Waals surface area contributed by atoms with Gasteiger partial charge in [0.2, 0.25) is 0 Å². The molecule has 232 valence electrons. The van der Waals surface area contributed by atoms with E-state index in [0.29, 0.717) is 17.5 Å². The smallest absolute Gasteiger partial charge is 0.456 e. The Balaban J connectivity index is 0.00000361. The average Bonchev–Trinajstić information content (AvgIpc) is 3.58. The molecule has 4 nitrogen and oxygen atoms in total. The fraction of sp³-hybridized carbons (Fsp3) is 0. The van der Waals surface area contributed by atoms with Gasteiger partial charge in [-0.3, -0.25) is 0 Å². The predicted molar refractivity (Wildman–Crippen MR) is 197 cm³/mol. The molecule has 2 aromatic heterocycles. The maximum absolute atomic E-state index is 6.48. The molecule has 2 heterocycles. The second-order valence-corrected chi connectivity index (χ2v) is 11.8. The number of hydrogen-bond acceptors (Lipinski definition) is 4. The van der Waals surface area contributed by atoms with Crippen LogP contribution in [-0.2, 0) is 0 Å². The molecule has 7 aromatic carbocycles. The minimum absolute atomic E-state index is 0. The third-order valence-electron chi connectivity index (χ3n) is 8.80. The Morgan fingerprint density at radius 2 is 0.960 bits per heavy atom. The second-order valence-electron chi connectivity index (χ2n) is 11.8. The van der Waals surface area contributed by atoms with E-state index in [1.807, 2.05) is 109 Å². The minimum atomic E-state index is 0. The predicted octanol–water partition coefficient (Wildman–Crippen LogP) is 11.4. The number of nitrogens with zero attached hydrogens (tertiary/aromatic N) is 3. The van der Waals surface area contributed by atoms with Crippen LogP contribution in [0, 0.1) is 43.2 Å². The van der Waals surface area contributed by atoms with Crippen LogP contribution in [0.15, 0.2) is 168 Å². The van der Waals surface area contributed by atoms with Gasteiger partial charge in [-0.05, 0) is 28.8 Å². The van der Waals surface area contributed by atoms with E-state index in [0.717, 1.165) is 72.0 Å². The Morgan fingerprint density at radius 3 is 1.62 bits per heavy atom. The van der Waals surface area contributed by atoms with Crippen molar-refractivity contribution in [3.63, 3.8) is 0 Å². The third kappa shape index (κ3) is 5.75. The van der Waals surface area contributed by atoms with Crippen LogP contribution in [-0.4, -0.2) is 15.0 Å². The molecule has 0 bridgehead atoms. The molecule has 5 heteroatoms. The molecule has 0 aliphatic carbocycles. The number of hydrogen-bond donors (Lipinski definition) is 0. The SMILES string of the molecule is [U+2].[c-]1ccccc1-c1[c-]ccc(-c2ccccc2)c1-c1nc(-c2ccccc2)nc(-c2cccc3oc4cccc(-c5ccccc5)c4c23)n1. The number of aromatic nitrogens is 3. The normalized spacial score (nSPS) is 11.0. The monoisotopic (exact) mass is 863 g/mol. The van der Waals surface area contributed by atoms with Crippen LogP contribution < -0.4 is 0 Å². The van der Waals surface area contributed by atoms with Crippen molar-refractivity contribution in [1.82, 2.24) is 15.0 Å². The molecule has 0 atom stereocenters. The summed E-state index contributed by atoms with van der Waals surface area (Å²) in [6, 6.07) is 62.1. The Labute approximate surface area is 313 Å². The van der Waals surface area contributed by atoms with Crippen LogP contribution in [0.5, 0.6) is 0 Å². The molecule has 9 rings (SSSR count). The molecule has 0 aliphatic rings. The van der Waals surface area contributed by atoms with E-state index < -0.39 is 0 Å². The fourth-order valence-electron chi connectivity index (χ4n) is 6.59. The zero-order chi connectivity index (χ0) is 32.6. The fourth-order valence-corrected chi connectivity index (χ4v) is 6.59. The summed E-state index contributed by atoms with van der Waals surface area (Å²) in [4.78, 5) is 15.7. The summed E-state index contributed by atoms with van der Waals surface area (Å²) >= 11 is 0. The molecular weight excluding hydrogens is 837 g/mol. The second kappa shape index (κ2) is 13.7. The topological polar surface area (TPSA) is 51.8 Å². The van der Waals surface area contributed by atoms with Crippen LogP contribution in [0.4, 0.5) is 0 Å². The summed E-state index contributed by atoms with van der Waals surface area (Å²) < 4.78 is 6.48. The summed E-state index contributed by atoms with van der Waals surface area (Å²) in [7, 11) is 0. The van der Waals surface area contributed by atoms with Crippen molar-refractivity contribution in [1.29, 1.82) is 0 Å². The van der Waals surface area contributed by atoms with Crippen LogP contribution in [0.1, 0.15) is 0 Å². The largest absolute Gasteiger partial charge is 2.00 e.